The molecule has 0 saturated carbocycles. The highest BCUT2D eigenvalue weighted by Gasteiger charge is 2.46. The van der Waals surface area contributed by atoms with Crippen molar-refractivity contribution in [3.8, 4) is 11.5 Å². The molecule has 0 bridgehead atoms. The van der Waals surface area contributed by atoms with Crippen molar-refractivity contribution in [1.82, 2.24) is 20.1 Å². The summed E-state index contributed by atoms with van der Waals surface area (Å²) in [6.45, 7) is 9.54. The van der Waals surface area contributed by atoms with Gasteiger partial charge in [0.15, 0.2) is 11.6 Å². The maximum absolute atomic E-state index is 13.7. The van der Waals surface area contributed by atoms with Crippen molar-refractivity contribution in [2.24, 2.45) is 10.1 Å². The first-order valence-electron chi connectivity index (χ1n) is 12.6. The van der Waals surface area contributed by atoms with Crippen molar-refractivity contribution in [2.45, 2.75) is 52.2 Å². The zero-order valence-corrected chi connectivity index (χ0v) is 22.1. The molecule has 3 aromatic heterocycles. The van der Waals surface area contributed by atoms with Gasteiger partial charge in [-0.3, -0.25) is 19.3 Å². The number of aryl methyl sites for hydroxylation is 2. The maximum Gasteiger partial charge on any atom is 0.439 e. The highest BCUT2D eigenvalue weighted by Crippen LogP contribution is 2.39. The zero-order chi connectivity index (χ0) is 27.5. The minimum atomic E-state index is -0.746. The number of rotatable bonds is 5. The number of aromatic nitrogens is 3. The van der Waals surface area contributed by atoms with E-state index in [0.29, 0.717) is 33.7 Å². The first-order valence-corrected chi connectivity index (χ1v) is 12.6. The third-order valence-corrected chi connectivity index (χ3v) is 7.22. The van der Waals surface area contributed by atoms with E-state index in [2.05, 4.69) is 30.5 Å². The van der Waals surface area contributed by atoms with E-state index in [1.165, 1.54) is 0 Å². The molecular formula is C28H27N7O4. The van der Waals surface area contributed by atoms with Crippen LogP contribution in [-0.2, 0) is 5.41 Å². The molecule has 2 unspecified atom stereocenters. The molecule has 39 heavy (non-hydrogen) atoms. The van der Waals surface area contributed by atoms with Gasteiger partial charge in [-0.25, -0.2) is 14.8 Å². The van der Waals surface area contributed by atoms with Gasteiger partial charge in [0, 0.05) is 35.4 Å². The highest BCUT2D eigenvalue weighted by molar-refractivity contribution is 5.85. The summed E-state index contributed by atoms with van der Waals surface area (Å²) < 4.78 is 11.3. The van der Waals surface area contributed by atoms with Crippen molar-refractivity contribution in [3.63, 3.8) is 0 Å². The van der Waals surface area contributed by atoms with Crippen LogP contribution in [0.3, 0.4) is 0 Å². The van der Waals surface area contributed by atoms with E-state index in [1.54, 1.807) is 24.4 Å². The number of fused-ring (bicyclic) bond motifs is 2. The first-order chi connectivity index (χ1) is 18.7. The van der Waals surface area contributed by atoms with Crippen molar-refractivity contribution in [1.29, 1.82) is 0 Å². The Morgan fingerprint density at radius 1 is 1.18 bits per heavy atom. The van der Waals surface area contributed by atoms with Gasteiger partial charge in [-0.15, -0.1) is 0 Å². The van der Waals surface area contributed by atoms with Crippen molar-refractivity contribution >= 4 is 29.1 Å². The van der Waals surface area contributed by atoms with E-state index in [-0.39, 0.29) is 23.5 Å². The van der Waals surface area contributed by atoms with Crippen LogP contribution in [0.4, 0.5) is 5.69 Å². The van der Waals surface area contributed by atoms with E-state index in [4.69, 9.17) is 8.94 Å². The number of anilines is 1. The molecular weight excluding hydrogens is 498 g/mol. The summed E-state index contributed by atoms with van der Waals surface area (Å²) in [5.41, 5.74) is 3.73. The fourth-order valence-electron chi connectivity index (χ4n) is 5.27. The van der Waals surface area contributed by atoms with Crippen molar-refractivity contribution in [3.05, 3.63) is 85.5 Å². The Balaban J connectivity index is 1.48. The molecule has 11 heteroatoms. The molecule has 2 aliphatic rings. The van der Waals surface area contributed by atoms with Crippen LogP contribution < -0.4 is 16.5 Å². The van der Waals surface area contributed by atoms with Crippen LogP contribution in [0.15, 0.2) is 65.2 Å². The lowest BCUT2D eigenvalue weighted by atomic mass is 9.83. The number of nitrogens with zero attached hydrogens (tertiary/aromatic N) is 5. The number of H-pyrrole nitrogens is 1. The molecule has 6 rings (SSSR count). The summed E-state index contributed by atoms with van der Waals surface area (Å²) in [7, 11) is 0. The number of benzene rings is 1. The number of allylic oxidation sites excluding steroid dienone is 1. The maximum atomic E-state index is 13.7. The fraction of sp³-hybridized carbons (Fsp3) is 0.286. The Labute approximate surface area is 223 Å². The zero-order valence-electron chi connectivity index (χ0n) is 22.1. The van der Waals surface area contributed by atoms with Crippen LogP contribution in [0.2, 0.25) is 0 Å². The summed E-state index contributed by atoms with van der Waals surface area (Å²) >= 11 is 0. The average Bonchev–Trinajstić information content (AvgIpc) is 3.51. The largest absolute Gasteiger partial charge is 0.459 e. The Morgan fingerprint density at radius 3 is 2.77 bits per heavy atom. The minimum absolute atomic E-state index is 0.0929. The molecule has 198 valence electrons. The second kappa shape index (κ2) is 8.90. The summed E-state index contributed by atoms with van der Waals surface area (Å²) in [5.74, 6) is 0.0813. The number of hydrazone groups is 1. The van der Waals surface area contributed by atoms with Gasteiger partial charge in [-0.1, -0.05) is 11.2 Å². The molecule has 1 aromatic carbocycles. The van der Waals surface area contributed by atoms with Crippen molar-refractivity contribution in [2.75, 3.05) is 5.32 Å². The Kier molecular flexibility index (Phi) is 5.60. The monoisotopic (exact) mass is 525 g/mol. The number of aliphatic imine (C=N–C) groups is 1. The van der Waals surface area contributed by atoms with Gasteiger partial charge >= 0.3 is 5.76 Å². The number of hydrogen-bond acceptors (Lipinski definition) is 10. The van der Waals surface area contributed by atoms with Gasteiger partial charge in [0.1, 0.15) is 22.5 Å². The highest BCUT2D eigenvalue weighted by atomic mass is 16.5. The first kappa shape index (κ1) is 24.5. The van der Waals surface area contributed by atoms with Gasteiger partial charge in [0.25, 0.3) is 0 Å². The van der Waals surface area contributed by atoms with Gasteiger partial charge in [-0.2, -0.15) is 5.10 Å². The molecule has 0 fully saturated rings. The smallest absolute Gasteiger partial charge is 0.439 e. The quantitative estimate of drug-likeness (QED) is 0.396. The van der Waals surface area contributed by atoms with Crippen LogP contribution in [0.5, 0.6) is 0 Å². The van der Waals surface area contributed by atoms with Crippen LogP contribution in [-0.4, -0.2) is 38.7 Å². The Morgan fingerprint density at radius 2 is 2.00 bits per heavy atom. The number of nitrogens with one attached hydrogen (secondary N) is 2. The summed E-state index contributed by atoms with van der Waals surface area (Å²) in [6.07, 6.45) is 6.85. The predicted octanol–water partition coefficient (Wildman–Crippen LogP) is 4.11. The van der Waals surface area contributed by atoms with Crippen LogP contribution in [0.25, 0.3) is 22.5 Å². The van der Waals surface area contributed by atoms with E-state index in [0.717, 1.165) is 16.8 Å². The summed E-state index contributed by atoms with van der Waals surface area (Å²) in [5, 5.41) is 14.0. The number of pyridine rings is 1. The number of hydrogen-bond donors (Lipinski definition) is 2. The normalized spacial score (nSPS) is 20.5. The van der Waals surface area contributed by atoms with Gasteiger partial charge < -0.3 is 9.73 Å². The second-order valence-electron chi connectivity index (χ2n) is 10.2. The van der Waals surface area contributed by atoms with E-state index < -0.39 is 11.2 Å². The minimum Gasteiger partial charge on any atom is -0.459 e. The fourth-order valence-corrected chi connectivity index (χ4v) is 5.27. The van der Waals surface area contributed by atoms with Gasteiger partial charge in [-0.05, 0) is 64.5 Å². The van der Waals surface area contributed by atoms with E-state index in [1.807, 2.05) is 64.2 Å². The lowest BCUT2D eigenvalue weighted by Crippen LogP contribution is -2.41. The molecule has 0 saturated heterocycles. The SMILES string of the molecule is Cc1cc([C@@H](C)Nc2ccc(C)nc2-c2noc(=O)[nH]2)c2oc(C3(C)C=NN4C=CC=NC43)c(C)c(=O)c2c1. The molecule has 2 aliphatic heterocycles. The third kappa shape index (κ3) is 3.97. The molecule has 0 amide bonds. The molecule has 0 spiro atoms. The molecule has 4 aromatic rings. The molecule has 11 nitrogen and oxygen atoms in total. The molecule has 2 N–H and O–H groups in total. The second-order valence-corrected chi connectivity index (χ2v) is 10.2. The topological polar surface area (TPSA) is 142 Å². The Bertz CT molecular complexity index is 1830. The van der Waals surface area contributed by atoms with E-state index in [9.17, 15) is 9.59 Å². The molecule has 5 heterocycles. The lowest BCUT2D eigenvalue weighted by molar-refractivity contribution is 0.248. The number of aromatic amines is 1. The average molecular weight is 526 g/mol. The summed E-state index contributed by atoms with van der Waals surface area (Å²) in [4.78, 5) is 37.1. The lowest BCUT2D eigenvalue weighted by Gasteiger charge is -2.31. The van der Waals surface area contributed by atoms with E-state index >= 15 is 0 Å². The van der Waals surface area contributed by atoms with Crippen molar-refractivity contribution < 1.29 is 8.94 Å². The molecule has 0 radical (unpaired) electrons. The van der Waals surface area contributed by atoms with Gasteiger partial charge in [0.05, 0.1) is 17.1 Å². The standard InChI is InChI=1S/C28H27N7O4/c1-14-11-18(17(4)32-20-8-7-15(2)31-21(20)25-33-27(37)39-34-25)23-19(12-14)22(36)16(3)24(38-23)28(5)13-30-35-10-6-9-29-26(28)35/h6-13,17,26,32H,1-5H3,(H,33,34,37)/t17-,26?,28?/m1/s1. The van der Waals surface area contributed by atoms with Crippen LogP contribution in [0.1, 0.15) is 48.0 Å². The third-order valence-electron chi connectivity index (χ3n) is 7.22. The Hall–Kier alpha value is -4.80. The molecule has 0 aliphatic carbocycles. The van der Waals surface area contributed by atoms with Gasteiger partial charge in [0.2, 0.25) is 5.82 Å². The molecule has 3 atom stereocenters. The summed E-state index contributed by atoms with van der Waals surface area (Å²) in [6, 6.07) is 7.26. The predicted molar refractivity (Wildman–Crippen MR) is 148 cm³/mol. The van der Waals surface area contributed by atoms with Crippen LogP contribution in [0, 0.1) is 20.8 Å². The van der Waals surface area contributed by atoms with Crippen LogP contribution >= 0.6 is 0 Å².